The molecule has 6 heavy (non-hydrogen) atoms. The van der Waals surface area contributed by atoms with Crippen molar-refractivity contribution in [2.24, 2.45) is 0 Å². The average molecular weight is 140 g/mol. The van der Waals surface area contributed by atoms with Crippen LogP contribution in [0.25, 0.3) is 0 Å². The Labute approximate surface area is 76.0 Å². The second-order valence-corrected chi connectivity index (χ2v) is 1.24. The van der Waals surface area contributed by atoms with Gasteiger partial charge in [0.05, 0.1) is 0 Å². The van der Waals surface area contributed by atoms with Crippen molar-refractivity contribution in [3.8, 4) is 0 Å². The zero-order valence-corrected chi connectivity index (χ0v) is 7.04. The molecular weight excluding hydrogens is 140 g/mol. The summed E-state index contributed by atoms with van der Waals surface area (Å²) in [6, 6.07) is 0. The van der Waals surface area contributed by atoms with Crippen LogP contribution in [0.5, 0.6) is 0 Å². The van der Waals surface area contributed by atoms with Gasteiger partial charge in [-0.15, -0.1) is 0 Å². The van der Waals surface area contributed by atoms with Crippen molar-refractivity contribution in [3.63, 3.8) is 0 Å². The van der Waals surface area contributed by atoms with Crippen LogP contribution in [0, 0.1) is 0 Å². The molecule has 0 aromatic rings. The van der Waals surface area contributed by atoms with Crippen LogP contribution in [0.4, 0.5) is 8.39 Å². The Kier molecular flexibility index (Phi) is 6.48. The molecule has 0 aliphatic rings. The van der Waals surface area contributed by atoms with Crippen LogP contribution in [-0.2, 0) is 4.57 Å². The van der Waals surface area contributed by atoms with E-state index in [1.54, 1.807) is 0 Å². The van der Waals surface area contributed by atoms with E-state index >= 15 is 0 Å². The van der Waals surface area contributed by atoms with Crippen LogP contribution in [0.15, 0.2) is 0 Å². The third kappa shape index (κ3) is 43.9. The van der Waals surface area contributed by atoms with Gasteiger partial charge in [0, 0.05) is 0 Å². The normalized spacial score (nSPS) is 9.83. The van der Waals surface area contributed by atoms with Crippen LogP contribution in [0.2, 0.25) is 0 Å². The Bertz CT molecular complexity index is 57.7. The van der Waals surface area contributed by atoms with E-state index < -0.39 is 7.99 Å². The van der Waals surface area contributed by atoms with Gasteiger partial charge in [0.15, 0.2) is 0 Å². The Morgan fingerprint density at radius 2 is 1.50 bits per heavy atom. The molecule has 6 heteroatoms. The van der Waals surface area contributed by atoms with E-state index in [0.29, 0.717) is 0 Å². The van der Waals surface area contributed by atoms with Crippen molar-refractivity contribution in [3.05, 3.63) is 0 Å². The Morgan fingerprint density at radius 3 is 1.50 bits per heavy atom. The van der Waals surface area contributed by atoms with Gasteiger partial charge in [0.25, 0.3) is 0 Å². The fourth-order valence-corrected chi connectivity index (χ4v) is 0. The Balaban J connectivity index is 0. The van der Waals surface area contributed by atoms with Gasteiger partial charge in [-0.25, -0.2) is 0 Å². The summed E-state index contributed by atoms with van der Waals surface area (Å²) in [5.74, 6) is 0. The maximum atomic E-state index is 10.0. The smallest absolute Gasteiger partial charge is 0.749 e. The standard InChI is InChI=1S/F2HO2P.K/c1-5(2,3)4;/h(H,3,4);/q;+1/p-1. The molecule has 0 radical (unpaired) electrons. The molecule has 0 spiro atoms. The summed E-state index contributed by atoms with van der Waals surface area (Å²) < 4.78 is 28.4. The van der Waals surface area contributed by atoms with E-state index in [1.165, 1.54) is 0 Å². The molecule has 0 unspecified atom stereocenters. The summed E-state index contributed by atoms with van der Waals surface area (Å²) in [7, 11) is -5.89. The first-order valence-corrected chi connectivity index (χ1v) is 2.11. The predicted octanol–water partition coefficient (Wildman–Crippen LogP) is -2.60. The number of rotatable bonds is 0. The average Bonchev–Trinajstić information content (AvgIpc) is 0.722. The molecule has 32 valence electrons. The van der Waals surface area contributed by atoms with Gasteiger partial charge in [0.2, 0.25) is 0 Å². The minimum atomic E-state index is -5.89. The molecule has 0 bridgehead atoms. The van der Waals surface area contributed by atoms with E-state index in [9.17, 15) is 8.39 Å². The first-order valence-electron chi connectivity index (χ1n) is 0.703. The van der Waals surface area contributed by atoms with E-state index in [4.69, 9.17) is 9.46 Å². The van der Waals surface area contributed by atoms with E-state index in [2.05, 4.69) is 0 Å². The first kappa shape index (κ1) is 10.6. The van der Waals surface area contributed by atoms with Crippen LogP contribution >= 0.6 is 7.99 Å². The maximum absolute atomic E-state index is 10.0. The van der Waals surface area contributed by atoms with E-state index in [1.807, 2.05) is 0 Å². The van der Waals surface area contributed by atoms with Crippen molar-refractivity contribution in [2.45, 2.75) is 0 Å². The minimum Gasteiger partial charge on any atom is -0.749 e. The minimum absolute atomic E-state index is 0. The molecule has 0 fully saturated rings. The number of halogens is 2. The van der Waals surface area contributed by atoms with Crippen molar-refractivity contribution >= 4 is 7.99 Å². The summed E-state index contributed by atoms with van der Waals surface area (Å²) in [6.45, 7) is 0. The first-order chi connectivity index (χ1) is 2.00. The monoisotopic (exact) mass is 140 g/mol. The van der Waals surface area contributed by atoms with Gasteiger partial charge in [-0.3, -0.25) is 4.57 Å². The van der Waals surface area contributed by atoms with Crippen LogP contribution in [-0.4, -0.2) is 0 Å². The topological polar surface area (TPSA) is 40.1 Å². The summed E-state index contributed by atoms with van der Waals surface area (Å²) in [5.41, 5.74) is 0. The van der Waals surface area contributed by atoms with E-state index in [0.717, 1.165) is 0 Å². The molecule has 0 aliphatic heterocycles. The van der Waals surface area contributed by atoms with Crippen LogP contribution < -0.4 is 56.3 Å². The fraction of sp³-hybridized carbons (Fsp3) is 0. The summed E-state index contributed by atoms with van der Waals surface area (Å²) in [6.07, 6.45) is 0. The molecule has 0 saturated heterocycles. The summed E-state index contributed by atoms with van der Waals surface area (Å²) >= 11 is 0. The molecule has 0 N–H and O–H groups in total. The van der Waals surface area contributed by atoms with Crippen molar-refractivity contribution < 1.29 is 69.2 Å². The summed E-state index contributed by atoms with van der Waals surface area (Å²) in [4.78, 5) is 8.33. The molecule has 0 aliphatic carbocycles. The third-order valence-electron chi connectivity index (χ3n) is 0. The van der Waals surface area contributed by atoms with Crippen LogP contribution in [0.1, 0.15) is 0 Å². The molecule has 0 heterocycles. The van der Waals surface area contributed by atoms with Crippen molar-refractivity contribution in [1.82, 2.24) is 0 Å². The number of hydrogen-bond acceptors (Lipinski definition) is 2. The quantitative estimate of drug-likeness (QED) is 0.273. The van der Waals surface area contributed by atoms with Gasteiger partial charge in [-0.1, -0.05) is 0 Å². The second-order valence-electron chi connectivity index (χ2n) is 0.414. The molecular formula is F2KO2P. The number of hydrogen-bond donors (Lipinski definition) is 0. The molecule has 2 nitrogen and oxygen atoms in total. The molecule has 0 atom stereocenters. The molecule has 0 aromatic carbocycles. The van der Waals surface area contributed by atoms with Gasteiger partial charge in [-0.05, 0) is 0 Å². The van der Waals surface area contributed by atoms with Gasteiger partial charge < -0.3 is 4.89 Å². The zero-order chi connectivity index (χ0) is 4.50. The van der Waals surface area contributed by atoms with Crippen LogP contribution in [0.3, 0.4) is 0 Å². The fourth-order valence-electron chi connectivity index (χ4n) is 0. The summed E-state index contributed by atoms with van der Waals surface area (Å²) in [5, 5.41) is 0. The molecule has 0 saturated carbocycles. The van der Waals surface area contributed by atoms with E-state index in [-0.39, 0.29) is 51.4 Å². The molecule has 0 aromatic heterocycles. The Morgan fingerprint density at radius 1 is 1.50 bits per heavy atom. The SMILES string of the molecule is O=P([O-])(F)F.[K+]. The largest absolute Gasteiger partial charge is 1.00 e. The zero-order valence-electron chi connectivity index (χ0n) is 3.02. The Hall–Kier alpha value is 1.69. The third-order valence-corrected chi connectivity index (χ3v) is 0. The van der Waals surface area contributed by atoms with Crippen molar-refractivity contribution in [2.75, 3.05) is 0 Å². The molecule has 0 amide bonds. The maximum Gasteiger partial charge on any atom is 1.00 e. The predicted molar refractivity (Wildman–Crippen MR) is 9.82 cm³/mol. The second kappa shape index (κ2) is 3.66. The van der Waals surface area contributed by atoms with Gasteiger partial charge in [-0.2, -0.15) is 8.39 Å². The van der Waals surface area contributed by atoms with Crippen molar-refractivity contribution in [1.29, 1.82) is 0 Å². The van der Waals surface area contributed by atoms with Gasteiger partial charge >= 0.3 is 59.4 Å². The van der Waals surface area contributed by atoms with Gasteiger partial charge in [0.1, 0.15) is 0 Å². The molecule has 0 rings (SSSR count).